The predicted molar refractivity (Wildman–Crippen MR) is 57.7 cm³/mol. The number of hydrogen-bond donors (Lipinski definition) is 2. The van der Waals surface area contributed by atoms with Crippen LogP contribution >= 0.6 is 0 Å². The van der Waals surface area contributed by atoms with Crippen molar-refractivity contribution in [3.63, 3.8) is 0 Å². The molecule has 0 aliphatic rings. The first-order valence-electron chi connectivity index (χ1n) is 4.66. The van der Waals surface area contributed by atoms with Crippen molar-refractivity contribution in [1.29, 1.82) is 0 Å². The van der Waals surface area contributed by atoms with E-state index in [0.29, 0.717) is 26.2 Å². The molecule has 0 aromatic heterocycles. The van der Waals surface area contributed by atoms with Gasteiger partial charge >= 0.3 is 0 Å². The minimum atomic E-state index is -0.184. The lowest BCUT2D eigenvalue weighted by Crippen LogP contribution is -2.41. The van der Waals surface area contributed by atoms with Crippen LogP contribution in [0.5, 0.6) is 0 Å². The van der Waals surface area contributed by atoms with E-state index in [9.17, 15) is 0 Å². The molecule has 0 aliphatic heterocycles. The molecule has 0 aromatic rings. The molecule has 0 rings (SSSR count). The molecule has 82 valence electrons. The van der Waals surface area contributed by atoms with Gasteiger partial charge in [0.25, 0.3) is 0 Å². The van der Waals surface area contributed by atoms with Gasteiger partial charge in [0.2, 0.25) is 0 Å². The molecule has 0 aliphatic carbocycles. The number of ether oxygens (including phenoxy) is 2. The van der Waals surface area contributed by atoms with Crippen LogP contribution in [0.2, 0.25) is 0 Å². The Morgan fingerprint density at radius 2 is 2.07 bits per heavy atom. The normalized spacial score (nSPS) is 14.4. The minimum Gasteiger partial charge on any atom is -0.497 e. The molecule has 0 aromatic carbocycles. The Hall–Kier alpha value is -0.840. The van der Waals surface area contributed by atoms with Gasteiger partial charge in [-0.1, -0.05) is 12.7 Å². The maximum atomic E-state index is 5.84. The molecule has 0 heterocycles. The Kier molecular flexibility index (Phi) is 8.22. The standard InChI is InChI=1S/C10H20N2O2/c1-3-7-13-8-9(12)10(5-6-11)14-4-2/h3-4,9-10H,1-2,5-8,11-12H2. The van der Waals surface area contributed by atoms with E-state index in [1.54, 1.807) is 6.08 Å². The minimum absolute atomic E-state index is 0.123. The second-order valence-electron chi connectivity index (χ2n) is 2.91. The summed E-state index contributed by atoms with van der Waals surface area (Å²) in [6, 6.07) is -0.184. The molecule has 4 heteroatoms. The zero-order valence-electron chi connectivity index (χ0n) is 8.52. The van der Waals surface area contributed by atoms with E-state index < -0.39 is 0 Å². The quantitative estimate of drug-likeness (QED) is 0.321. The maximum Gasteiger partial charge on any atom is 0.116 e. The highest BCUT2D eigenvalue weighted by Gasteiger charge is 2.17. The topological polar surface area (TPSA) is 70.5 Å². The number of rotatable bonds is 9. The fraction of sp³-hybridized carbons (Fsp3) is 0.600. The third-order valence-electron chi connectivity index (χ3n) is 1.75. The summed E-state index contributed by atoms with van der Waals surface area (Å²) in [5, 5.41) is 0. The van der Waals surface area contributed by atoms with Crippen LogP contribution in [0.1, 0.15) is 6.42 Å². The average molecular weight is 200 g/mol. The van der Waals surface area contributed by atoms with Gasteiger partial charge in [0.1, 0.15) is 6.10 Å². The second-order valence-corrected chi connectivity index (χ2v) is 2.91. The van der Waals surface area contributed by atoms with Crippen LogP contribution in [-0.2, 0) is 9.47 Å². The first kappa shape index (κ1) is 13.2. The fourth-order valence-corrected chi connectivity index (χ4v) is 1.07. The molecule has 0 radical (unpaired) electrons. The first-order chi connectivity index (χ1) is 6.76. The van der Waals surface area contributed by atoms with Crippen molar-refractivity contribution in [2.75, 3.05) is 19.8 Å². The van der Waals surface area contributed by atoms with Gasteiger partial charge in [0.15, 0.2) is 0 Å². The Balaban J connectivity index is 3.80. The lowest BCUT2D eigenvalue weighted by molar-refractivity contribution is 0.0598. The smallest absolute Gasteiger partial charge is 0.116 e. The molecular formula is C10H20N2O2. The third kappa shape index (κ3) is 5.75. The zero-order valence-corrected chi connectivity index (χ0v) is 8.52. The SMILES string of the molecule is C=CCOCC(N)C(CCN)OC=C. The van der Waals surface area contributed by atoms with Crippen molar-refractivity contribution < 1.29 is 9.47 Å². The van der Waals surface area contributed by atoms with Crippen molar-refractivity contribution in [1.82, 2.24) is 0 Å². The lowest BCUT2D eigenvalue weighted by Gasteiger charge is -2.22. The van der Waals surface area contributed by atoms with Crippen LogP contribution in [0.15, 0.2) is 25.5 Å². The highest BCUT2D eigenvalue weighted by Crippen LogP contribution is 2.03. The summed E-state index contributed by atoms with van der Waals surface area (Å²) < 4.78 is 10.4. The molecule has 2 atom stereocenters. The monoisotopic (exact) mass is 200 g/mol. The van der Waals surface area contributed by atoms with Crippen molar-refractivity contribution in [3.05, 3.63) is 25.5 Å². The van der Waals surface area contributed by atoms with Crippen LogP contribution in [-0.4, -0.2) is 31.9 Å². The molecule has 0 fully saturated rings. The van der Waals surface area contributed by atoms with E-state index >= 15 is 0 Å². The summed E-state index contributed by atoms with van der Waals surface area (Å²) in [4.78, 5) is 0. The molecule has 14 heavy (non-hydrogen) atoms. The molecule has 0 saturated carbocycles. The average Bonchev–Trinajstić information content (AvgIpc) is 2.18. The largest absolute Gasteiger partial charge is 0.497 e. The summed E-state index contributed by atoms with van der Waals surface area (Å²) in [5.74, 6) is 0. The predicted octanol–water partition coefficient (Wildman–Crippen LogP) is 0.394. The van der Waals surface area contributed by atoms with Crippen molar-refractivity contribution in [2.24, 2.45) is 11.5 Å². The Bertz CT molecular complexity index is 162. The van der Waals surface area contributed by atoms with Gasteiger partial charge in [-0.3, -0.25) is 0 Å². The van der Waals surface area contributed by atoms with E-state index in [2.05, 4.69) is 13.2 Å². The Morgan fingerprint density at radius 3 is 2.57 bits per heavy atom. The molecule has 0 spiro atoms. The van der Waals surface area contributed by atoms with Crippen molar-refractivity contribution in [2.45, 2.75) is 18.6 Å². The number of nitrogens with two attached hydrogens (primary N) is 2. The molecule has 4 nitrogen and oxygen atoms in total. The Labute approximate surface area is 85.6 Å². The summed E-state index contributed by atoms with van der Waals surface area (Å²) in [6.45, 7) is 8.50. The fourth-order valence-electron chi connectivity index (χ4n) is 1.07. The van der Waals surface area contributed by atoms with Crippen LogP contribution in [0.4, 0.5) is 0 Å². The van der Waals surface area contributed by atoms with Gasteiger partial charge < -0.3 is 20.9 Å². The van der Waals surface area contributed by atoms with Crippen molar-refractivity contribution >= 4 is 0 Å². The molecule has 0 bridgehead atoms. The number of hydrogen-bond acceptors (Lipinski definition) is 4. The first-order valence-corrected chi connectivity index (χ1v) is 4.66. The van der Waals surface area contributed by atoms with Crippen LogP contribution < -0.4 is 11.5 Å². The van der Waals surface area contributed by atoms with Gasteiger partial charge in [-0.05, 0) is 13.0 Å². The highest BCUT2D eigenvalue weighted by molar-refractivity contribution is 4.76. The van der Waals surface area contributed by atoms with E-state index in [0.717, 1.165) is 0 Å². The van der Waals surface area contributed by atoms with E-state index in [-0.39, 0.29) is 12.1 Å². The van der Waals surface area contributed by atoms with E-state index in [1.807, 2.05) is 0 Å². The molecule has 0 saturated heterocycles. The molecule has 4 N–H and O–H groups in total. The maximum absolute atomic E-state index is 5.84. The van der Waals surface area contributed by atoms with Crippen LogP contribution in [0.3, 0.4) is 0 Å². The lowest BCUT2D eigenvalue weighted by atomic mass is 10.1. The summed E-state index contributed by atoms with van der Waals surface area (Å²) >= 11 is 0. The van der Waals surface area contributed by atoms with Gasteiger partial charge in [-0.25, -0.2) is 0 Å². The Morgan fingerprint density at radius 1 is 1.36 bits per heavy atom. The van der Waals surface area contributed by atoms with E-state index in [4.69, 9.17) is 20.9 Å². The van der Waals surface area contributed by atoms with Gasteiger partial charge in [0, 0.05) is 0 Å². The van der Waals surface area contributed by atoms with Gasteiger partial charge in [-0.2, -0.15) is 0 Å². The third-order valence-corrected chi connectivity index (χ3v) is 1.75. The summed E-state index contributed by atoms with van der Waals surface area (Å²) in [6.07, 6.45) is 3.64. The van der Waals surface area contributed by atoms with Gasteiger partial charge in [-0.15, -0.1) is 6.58 Å². The molecule has 0 amide bonds. The summed E-state index contributed by atoms with van der Waals surface area (Å²) in [7, 11) is 0. The molecular weight excluding hydrogens is 180 g/mol. The van der Waals surface area contributed by atoms with Crippen LogP contribution in [0, 0.1) is 0 Å². The van der Waals surface area contributed by atoms with Gasteiger partial charge in [0.05, 0.1) is 25.5 Å². The van der Waals surface area contributed by atoms with Crippen LogP contribution in [0.25, 0.3) is 0 Å². The van der Waals surface area contributed by atoms with E-state index in [1.165, 1.54) is 6.26 Å². The van der Waals surface area contributed by atoms with Crippen molar-refractivity contribution in [3.8, 4) is 0 Å². The summed E-state index contributed by atoms with van der Waals surface area (Å²) in [5.41, 5.74) is 11.3. The molecule has 2 unspecified atom stereocenters. The second kappa shape index (κ2) is 8.74. The highest BCUT2D eigenvalue weighted by atomic mass is 16.5. The zero-order chi connectivity index (χ0) is 10.8.